The first-order valence-corrected chi connectivity index (χ1v) is 5.40. The number of nitrogens with one attached hydrogen (secondary N) is 1. The number of unbranched alkanes of at least 4 members (excludes halogenated alkanes) is 3. The maximum atomic E-state index is 5.57. The molecule has 6 heteroatoms. The van der Waals surface area contributed by atoms with Crippen molar-refractivity contribution in [2.45, 2.75) is 25.7 Å². The van der Waals surface area contributed by atoms with E-state index in [1.807, 2.05) is 7.05 Å². The number of aromatic nitrogens is 4. The lowest BCUT2D eigenvalue weighted by atomic mass is 10.2. The summed E-state index contributed by atoms with van der Waals surface area (Å²) in [6.07, 6.45) is 4.63. The summed E-state index contributed by atoms with van der Waals surface area (Å²) in [7, 11) is 1.82. The summed E-state index contributed by atoms with van der Waals surface area (Å²) in [6, 6.07) is 0. The first kappa shape index (κ1) is 11.2. The zero-order valence-electron chi connectivity index (χ0n) is 8.41. The van der Waals surface area contributed by atoms with Crippen LogP contribution < -0.4 is 5.32 Å². The molecule has 0 aliphatic carbocycles. The van der Waals surface area contributed by atoms with Crippen molar-refractivity contribution in [3.8, 4) is 0 Å². The predicted octanol–water partition coefficient (Wildman–Crippen LogP) is 1.42. The molecule has 1 heterocycles. The van der Waals surface area contributed by atoms with E-state index < -0.39 is 0 Å². The predicted molar refractivity (Wildman–Crippen MR) is 56.5 cm³/mol. The van der Waals surface area contributed by atoms with Crippen LogP contribution in [0.4, 0.5) is 5.95 Å². The molecule has 0 unspecified atom stereocenters. The third-order valence-corrected chi connectivity index (χ3v) is 2.23. The van der Waals surface area contributed by atoms with Crippen LogP contribution in [0.25, 0.3) is 0 Å². The highest BCUT2D eigenvalue weighted by Gasteiger charge is 1.98. The summed E-state index contributed by atoms with van der Waals surface area (Å²) in [4.78, 5) is 0. The van der Waals surface area contributed by atoms with Crippen LogP contribution >= 0.6 is 11.6 Å². The van der Waals surface area contributed by atoms with E-state index in [1.165, 1.54) is 12.8 Å². The Hall–Kier alpha value is -0.840. The quantitative estimate of drug-likeness (QED) is 0.555. The molecule has 1 aromatic heterocycles. The maximum Gasteiger partial charge on any atom is 0.242 e. The van der Waals surface area contributed by atoms with Crippen LogP contribution in [0.2, 0.25) is 0 Å². The fourth-order valence-corrected chi connectivity index (χ4v) is 1.34. The molecule has 1 rings (SSSR count). The van der Waals surface area contributed by atoms with Crippen LogP contribution in [0.3, 0.4) is 0 Å². The second-order valence-electron chi connectivity index (χ2n) is 3.16. The second-order valence-corrected chi connectivity index (χ2v) is 3.53. The molecule has 0 aromatic carbocycles. The third-order valence-electron chi connectivity index (χ3n) is 1.96. The summed E-state index contributed by atoms with van der Waals surface area (Å²) >= 11 is 5.57. The van der Waals surface area contributed by atoms with Gasteiger partial charge in [0.1, 0.15) is 0 Å². The lowest BCUT2D eigenvalue weighted by molar-refractivity contribution is 0.678. The lowest BCUT2D eigenvalue weighted by Crippen LogP contribution is -2.07. The highest BCUT2D eigenvalue weighted by Crippen LogP contribution is 2.02. The number of alkyl halides is 1. The average Bonchev–Trinajstić information content (AvgIpc) is 2.58. The Morgan fingerprint density at radius 1 is 1.29 bits per heavy atom. The number of rotatable bonds is 7. The molecule has 0 saturated heterocycles. The van der Waals surface area contributed by atoms with Crippen molar-refractivity contribution in [1.82, 2.24) is 20.2 Å². The summed E-state index contributed by atoms with van der Waals surface area (Å²) in [5, 5.41) is 14.2. The van der Waals surface area contributed by atoms with E-state index in [0.717, 1.165) is 31.2 Å². The van der Waals surface area contributed by atoms with Crippen LogP contribution in [0.15, 0.2) is 0 Å². The summed E-state index contributed by atoms with van der Waals surface area (Å²) in [5.74, 6) is 1.49. The van der Waals surface area contributed by atoms with Gasteiger partial charge in [-0.25, -0.2) is 4.68 Å². The molecule has 0 amide bonds. The van der Waals surface area contributed by atoms with E-state index in [0.29, 0.717) is 0 Å². The van der Waals surface area contributed by atoms with E-state index in [-0.39, 0.29) is 0 Å². The molecule has 14 heavy (non-hydrogen) atoms. The number of halogens is 1. The van der Waals surface area contributed by atoms with Gasteiger partial charge in [-0.3, -0.25) is 0 Å². The maximum absolute atomic E-state index is 5.57. The summed E-state index contributed by atoms with van der Waals surface area (Å²) in [6.45, 7) is 0.913. The molecule has 0 saturated carbocycles. The molecular weight excluding hydrogens is 202 g/mol. The number of tetrazole rings is 1. The van der Waals surface area contributed by atoms with Gasteiger partial charge < -0.3 is 5.32 Å². The fourth-order valence-electron chi connectivity index (χ4n) is 1.15. The van der Waals surface area contributed by atoms with Gasteiger partial charge in [0.05, 0.1) is 0 Å². The van der Waals surface area contributed by atoms with Gasteiger partial charge >= 0.3 is 0 Å². The molecule has 0 atom stereocenters. The van der Waals surface area contributed by atoms with Gasteiger partial charge in [-0.2, -0.15) is 0 Å². The van der Waals surface area contributed by atoms with Crippen LogP contribution in [-0.2, 0) is 7.05 Å². The molecule has 5 nitrogen and oxygen atoms in total. The monoisotopic (exact) mass is 217 g/mol. The Morgan fingerprint density at radius 3 is 2.71 bits per heavy atom. The molecule has 0 radical (unpaired) electrons. The van der Waals surface area contributed by atoms with Crippen molar-refractivity contribution in [1.29, 1.82) is 0 Å². The molecule has 0 aliphatic rings. The number of nitrogens with zero attached hydrogens (tertiary/aromatic N) is 4. The van der Waals surface area contributed by atoms with Gasteiger partial charge in [-0.15, -0.1) is 11.6 Å². The zero-order chi connectivity index (χ0) is 10.2. The number of anilines is 1. The van der Waals surface area contributed by atoms with Crippen LogP contribution in [-0.4, -0.2) is 32.6 Å². The minimum absolute atomic E-state index is 0.724. The number of hydrogen-bond donors (Lipinski definition) is 1. The average molecular weight is 218 g/mol. The van der Waals surface area contributed by atoms with Crippen molar-refractivity contribution in [3.05, 3.63) is 0 Å². The largest absolute Gasteiger partial charge is 0.353 e. The highest BCUT2D eigenvalue weighted by molar-refractivity contribution is 6.17. The van der Waals surface area contributed by atoms with Crippen molar-refractivity contribution in [3.63, 3.8) is 0 Å². The van der Waals surface area contributed by atoms with Gasteiger partial charge in [0, 0.05) is 19.5 Å². The number of hydrogen-bond acceptors (Lipinski definition) is 4. The second kappa shape index (κ2) is 6.59. The fraction of sp³-hybridized carbons (Fsp3) is 0.875. The standard InChI is InChI=1S/C8H16ClN5/c1-14-8(11-12-13-14)10-7-5-3-2-4-6-9/h2-7H2,1H3,(H,10,11,13). The Balaban J connectivity index is 2.02. The van der Waals surface area contributed by atoms with Gasteiger partial charge in [-0.1, -0.05) is 17.9 Å². The van der Waals surface area contributed by atoms with E-state index in [2.05, 4.69) is 20.8 Å². The van der Waals surface area contributed by atoms with Gasteiger partial charge in [0.25, 0.3) is 0 Å². The molecular formula is C8H16ClN5. The molecule has 1 aromatic rings. The minimum atomic E-state index is 0.724. The van der Waals surface area contributed by atoms with Crippen molar-refractivity contribution in [2.75, 3.05) is 17.7 Å². The Morgan fingerprint density at radius 2 is 2.07 bits per heavy atom. The highest BCUT2D eigenvalue weighted by atomic mass is 35.5. The van der Waals surface area contributed by atoms with Gasteiger partial charge in [0.2, 0.25) is 5.95 Å². The van der Waals surface area contributed by atoms with Crippen molar-refractivity contribution in [2.24, 2.45) is 7.05 Å². The Kier molecular flexibility index (Phi) is 5.29. The third kappa shape index (κ3) is 3.91. The first-order chi connectivity index (χ1) is 6.84. The summed E-state index contributed by atoms with van der Waals surface area (Å²) in [5.41, 5.74) is 0. The van der Waals surface area contributed by atoms with E-state index in [1.54, 1.807) is 4.68 Å². The van der Waals surface area contributed by atoms with E-state index in [4.69, 9.17) is 11.6 Å². The zero-order valence-corrected chi connectivity index (χ0v) is 9.17. The first-order valence-electron chi connectivity index (χ1n) is 4.87. The van der Waals surface area contributed by atoms with Crippen LogP contribution in [0, 0.1) is 0 Å². The van der Waals surface area contributed by atoms with Crippen molar-refractivity contribution >= 4 is 17.5 Å². The Labute approximate surface area is 88.8 Å². The molecule has 0 bridgehead atoms. The molecule has 0 aliphatic heterocycles. The molecule has 0 fully saturated rings. The van der Waals surface area contributed by atoms with Gasteiger partial charge in [0.15, 0.2) is 0 Å². The van der Waals surface area contributed by atoms with Crippen LogP contribution in [0.1, 0.15) is 25.7 Å². The van der Waals surface area contributed by atoms with Gasteiger partial charge in [-0.05, 0) is 23.3 Å². The minimum Gasteiger partial charge on any atom is -0.353 e. The molecule has 80 valence electrons. The smallest absolute Gasteiger partial charge is 0.242 e. The van der Waals surface area contributed by atoms with E-state index in [9.17, 15) is 0 Å². The number of aryl methyl sites for hydroxylation is 1. The summed E-state index contributed by atoms with van der Waals surface area (Å²) < 4.78 is 1.62. The van der Waals surface area contributed by atoms with Crippen LogP contribution in [0.5, 0.6) is 0 Å². The molecule has 1 N–H and O–H groups in total. The Bertz CT molecular complexity index is 250. The van der Waals surface area contributed by atoms with Crippen molar-refractivity contribution < 1.29 is 0 Å². The lowest BCUT2D eigenvalue weighted by Gasteiger charge is -2.02. The topological polar surface area (TPSA) is 55.6 Å². The van der Waals surface area contributed by atoms with E-state index >= 15 is 0 Å². The normalized spacial score (nSPS) is 10.4. The SMILES string of the molecule is Cn1nnnc1NCCCCCCCl. The molecule has 0 spiro atoms.